The third kappa shape index (κ3) is 4.88. The van der Waals surface area contributed by atoms with E-state index in [9.17, 15) is 29.8 Å². The first kappa shape index (κ1) is 21.1. The lowest BCUT2D eigenvalue weighted by molar-refractivity contribution is -0.395. The van der Waals surface area contributed by atoms with E-state index in [1.807, 2.05) is 6.07 Å². The third-order valence-electron chi connectivity index (χ3n) is 4.34. The molecule has 0 bridgehead atoms. The maximum Gasteiger partial charge on any atom is 0.344 e. The van der Waals surface area contributed by atoms with Crippen molar-refractivity contribution in [2.75, 3.05) is 5.32 Å². The van der Waals surface area contributed by atoms with Crippen LogP contribution < -0.4 is 10.1 Å². The van der Waals surface area contributed by atoms with Gasteiger partial charge in [0.05, 0.1) is 15.4 Å². The fourth-order valence-electron chi connectivity index (χ4n) is 2.75. The van der Waals surface area contributed by atoms with Gasteiger partial charge in [-0.3, -0.25) is 25.0 Å². The Kier molecular flexibility index (Phi) is 6.01. The van der Waals surface area contributed by atoms with Crippen LogP contribution >= 0.6 is 0 Å². The molecule has 0 fully saturated rings. The molecule has 156 valence electrons. The summed E-state index contributed by atoms with van der Waals surface area (Å²) >= 11 is 0. The van der Waals surface area contributed by atoms with Crippen molar-refractivity contribution in [3.8, 4) is 5.75 Å². The van der Waals surface area contributed by atoms with Gasteiger partial charge < -0.3 is 10.1 Å². The van der Waals surface area contributed by atoms with Crippen molar-refractivity contribution < 1.29 is 24.2 Å². The zero-order valence-corrected chi connectivity index (χ0v) is 16.1. The Balaban J connectivity index is 1.77. The van der Waals surface area contributed by atoms with Gasteiger partial charge in [0.1, 0.15) is 11.3 Å². The predicted molar refractivity (Wildman–Crippen MR) is 110 cm³/mol. The van der Waals surface area contributed by atoms with Crippen LogP contribution in [-0.4, -0.2) is 21.7 Å². The number of nitrogens with one attached hydrogen (secondary N) is 1. The topological polar surface area (TPSA) is 142 Å². The monoisotopic (exact) mass is 421 g/mol. The molecule has 0 saturated carbocycles. The molecule has 0 aliphatic rings. The maximum absolute atomic E-state index is 12.4. The summed E-state index contributed by atoms with van der Waals surface area (Å²) in [5.74, 6) is -1.31. The van der Waals surface area contributed by atoms with Gasteiger partial charge in [-0.25, -0.2) is 4.79 Å². The Morgan fingerprint density at radius 3 is 1.90 bits per heavy atom. The van der Waals surface area contributed by atoms with Crippen LogP contribution in [0.5, 0.6) is 5.75 Å². The number of amides is 1. The summed E-state index contributed by atoms with van der Waals surface area (Å²) in [7, 11) is 0. The number of rotatable bonds is 6. The first-order valence-electron chi connectivity index (χ1n) is 8.88. The van der Waals surface area contributed by atoms with E-state index in [-0.39, 0.29) is 22.8 Å². The summed E-state index contributed by atoms with van der Waals surface area (Å²) in [5.41, 5.74) is -0.700. The Bertz CT molecular complexity index is 1140. The number of esters is 1. The number of anilines is 1. The summed E-state index contributed by atoms with van der Waals surface area (Å²) < 4.78 is 5.15. The van der Waals surface area contributed by atoms with Gasteiger partial charge in [0.25, 0.3) is 17.3 Å². The van der Waals surface area contributed by atoms with Crippen molar-refractivity contribution in [3.05, 3.63) is 104 Å². The lowest BCUT2D eigenvalue weighted by atomic mass is 10.1. The summed E-state index contributed by atoms with van der Waals surface area (Å²) in [6.45, 7) is 1.23. The fraction of sp³-hybridized carbons (Fsp3) is 0.0476. The van der Waals surface area contributed by atoms with Crippen LogP contribution in [0.4, 0.5) is 17.1 Å². The molecule has 31 heavy (non-hydrogen) atoms. The Morgan fingerprint density at radius 2 is 1.39 bits per heavy atom. The second kappa shape index (κ2) is 8.82. The number of hydrogen-bond donors (Lipinski definition) is 1. The second-order valence-corrected chi connectivity index (χ2v) is 6.39. The van der Waals surface area contributed by atoms with Crippen molar-refractivity contribution in [2.24, 2.45) is 0 Å². The number of nitro groups is 2. The number of benzene rings is 3. The second-order valence-electron chi connectivity index (χ2n) is 6.39. The van der Waals surface area contributed by atoms with E-state index >= 15 is 0 Å². The number of carbonyl (C=O) groups excluding carboxylic acids is 2. The van der Waals surface area contributed by atoms with Crippen LogP contribution in [0.1, 0.15) is 26.3 Å². The number of carbonyl (C=O) groups is 2. The molecule has 10 heteroatoms. The lowest BCUT2D eigenvalue weighted by Crippen LogP contribution is -2.12. The third-order valence-corrected chi connectivity index (χ3v) is 4.34. The van der Waals surface area contributed by atoms with E-state index in [0.29, 0.717) is 11.3 Å². The minimum absolute atomic E-state index is 0.0622. The fourth-order valence-corrected chi connectivity index (χ4v) is 2.75. The molecule has 0 aliphatic carbocycles. The molecule has 1 amide bonds. The molecule has 0 radical (unpaired) electrons. The van der Waals surface area contributed by atoms with Gasteiger partial charge in [0.2, 0.25) is 0 Å². The van der Waals surface area contributed by atoms with E-state index in [1.165, 1.54) is 31.2 Å². The molecule has 0 aliphatic heterocycles. The zero-order chi connectivity index (χ0) is 22.5. The smallest absolute Gasteiger partial charge is 0.344 e. The normalized spacial score (nSPS) is 10.2. The number of hydrogen-bond acceptors (Lipinski definition) is 7. The lowest BCUT2D eigenvalue weighted by Gasteiger charge is -2.08. The molecule has 3 rings (SSSR count). The quantitative estimate of drug-likeness (QED) is 0.271. The van der Waals surface area contributed by atoms with Crippen LogP contribution in [0.3, 0.4) is 0 Å². The first-order valence-corrected chi connectivity index (χ1v) is 8.88. The summed E-state index contributed by atoms with van der Waals surface area (Å²) in [6, 6.07) is 16.3. The molecule has 1 N–H and O–H groups in total. The number of nitro benzene ring substituents is 2. The van der Waals surface area contributed by atoms with Crippen molar-refractivity contribution in [3.63, 3.8) is 0 Å². The Hall–Kier alpha value is -4.60. The van der Waals surface area contributed by atoms with E-state index in [0.717, 1.165) is 12.1 Å². The molecule has 0 heterocycles. The highest BCUT2D eigenvalue weighted by atomic mass is 16.6. The molecule has 0 spiro atoms. The van der Waals surface area contributed by atoms with Crippen LogP contribution in [0.2, 0.25) is 0 Å². The molecule has 3 aromatic rings. The molecule has 10 nitrogen and oxygen atoms in total. The van der Waals surface area contributed by atoms with E-state index in [1.54, 1.807) is 24.3 Å². The van der Waals surface area contributed by atoms with Crippen molar-refractivity contribution in [1.29, 1.82) is 0 Å². The number of nitrogens with zero attached hydrogens (tertiary/aromatic N) is 2. The average molecular weight is 421 g/mol. The minimum atomic E-state index is -1.01. The van der Waals surface area contributed by atoms with Crippen LogP contribution in [-0.2, 0) is 0 Å². The van der Waals surface area contributed by atoms with Crippen LogP contribution in [0.25, 0.3) is 0 Å². The molecular formula is C21H15N3O7. The highest BCUT2D eigenvalue weighted by Gasteiger charge is 2.26. The van der Waals surface area contributed by atoms with Gasteiger partial charge in [0.15, 0.2) is 0 Å². The maximum atomic E-state index is 12.4. The van der Waals surface area contributed by atoms with E-state index < -0.39 is 27.2 Å². The van der Waals surface area contributed by atoms with Crippen LogP contribution in [0.15, 0.2) is 66.7 Å². The van der Waals surface area contributed by atoms with E-state index in [2.05, 4.69) is 5.32 Å². The van der Waals surface area contributed by atoms with E-state index in [4.69, 9.17) is 4.74 Å². The van der Waals surface area contributed by atoms with Gasteiger partial charge in [-0.1, -0.05) is 18.2 Å². The van der Waals surface area contributed by atoms with Crippen molar-refractivity contribution >= 4 is 28.9 Å². The van der Waals surface area contributed by atoms with Gasteiger partial charge in [-0.2, -0.15) is 0 Å². The summed E-state index contributed by atoms with van der Waals surface area (Å²) in [6.07, 6.45) is 0. The predicted octanol–water partition coefficient (Wildman–Crippen LogP) is 4.28. The molecule has 0 atom stereocenters. The highest BCUT2D eigenvalue weighted by molar-refractivity contribution is 6.04. The summed E-state index contributed by atoms with van der Waals surface area (Å²) in [4.78, 5) is 45.3. The largest absolute Gasteiger partial charge is 0.423 e. The average Bonchev–Trinajstić information content (AvgIpc) is 2.74. The highest BCUT2D eigenvalue weighted by Crippen LogP contribution is 2.30. The first-order chi connectivity index (χ1) is 14.8. The number of para-hydroxylation sites is 1. The minimum Gasteiger partial charge on any atom is -0.423 e. The Labute approximate surface area is 175 Å². The van der Waals surface area contributed by atoms with Crippen molar-refractivity contribution in [1.82, 2.24) is 0 Å². The number of ether oxygens (including phenoxy) is 1. The van der Waals surface area contributed by atoms with Crippen LogP contribution in [0, 0.1) is 27.2 Å². The molecule has 0 aromatic heterocycles. The zero-order valence-electron chi connectivity index (χ0n) is 16.1. The van der Waals surface area contributed by atoms with Crippen molar-refractivity contribution in [2.45, 2.75) is 6.92 Å². The standard InChI is InChI=1S/C21H15N3O7/c1-13-18(23(27)28)11-15(12-19(13)24(29)30)21(26)31-17-9-7-14(8-10-17)20(25)22-16-5-3-2-4-6-16/h2-12H,1H3,(H,22,25). The van der Waals surface area contributed by atoms with Gasteiger partial charge >= 0.3 is 5.97 Å². The SMILES string of the molecule is Cc1c([N+](=O)[O-])cc(C(=O)Oc2ccc(C(=O)Nc3ccccc3)cc2)cc1[N+](=O)[O-]. The Morgan fingerprint density at radius 1 is 0.839 bits per heavy atom. The molecule has 3 aromatic carbocycles. The molecule has 0 saturated heterocycles. The van der Waals surface area contributed by atoms with Gasteiger partial charge in [-0.15, -0.1) is 0 Å². The van der Waals surface area contributed by atoms with Gasteiger partial charge in [-0.05, 0) is 43.3 Å². The molecule has 0 unspecified atom stereocenters. The molecular weight excluding hydrogens is 406 g/mol. The van der Waals surface area contributed by atoms with Gasteiger partial charge in [0, 0.05) is 23.4 Å². The summed E-state index contributed by atoms with van der Waals surface area (Å²) in [5, 5.41) is 25.0.